The summed E-state index contributed by atoms with van der Waals surface area (Å²) in [4.78, 5) is 0. The highest BCUT2D eigenvalue weighted by atomic mass is 14.9. The predicted octanol–water partition coefficient (Wildman–Crippen LogP) is 2.99. The fraction of sp³-hybridized carbons (Fsp3) is 0.467. The lowest BCUT2D eigenvalue weighted by atomic mass is 10.0. The lowest BCUT2D eigenvalue weighted by molar-refractivity contribution is 0.732. The van der Waals surface area contributed by atoms with Gasteiger partial charge in [0.2, 0.25) is 0 Å². The van der Waals surface area contributed by atoms with Gasteiger partial charge in [0, 0.05) is 24.2 Å². The van der Waals surface area contributed by atoms with Gasteiger partial charge in [0.15, 0.2) is 0 Å². The van der Waals surface area contributed by atoms with Crippen LogP contribution in [-0.2, 0) is 13.5 Å². The minimum absolute atomic E-state index is 0.209. The normalized spacial score (nSPS) is 13.3. The van der Waals surface area contributed by atoms with E-state index in [2.05, 4.69) is 51.4 Å². The highest BCUT2D eigenvalue weighted by Crippen LogP contribution is 2.29. The van der Waals surface area contributed by atoms with Gasteiger partial charge < -0.3 is 10.3 Å². The molecule has 0 saturated carbocycles. The second-order valence-corrected chi connectivity index (χ2v) is 5.21. The molecule has 2 N–H and O–H groups in total. The van der Waals surface area contributed by atoms with E-state index in [1.54, 1.807) is 0 Å². The van der Waals surface area contributed by atoms with E-state index >= 15 is 0 Å². The van der Waals surface area contributed by atoms with Crippen molar-refractivity contribution in [2.75, 3.05) is 0 Å². The molecule has 0 radical (unpaired) electrons. The zero-order valence-electron chi connectivity index (χ0n) is 11.5. The van der Waals surface area contributed by atoms with Gasteiger partial charge in [-0.05, 0) is 50.8 Å². The van der Waals surface area contributed by atoms with Gasteiger partial charge in [-0.25, -0.2) is 0 Å². The van der Waals surface area contributed by atoms with Crippen molar-refractivity contribution in [1.82, 2.24) is 4.57 Å². The average molecular weight is 230 g/mol. The van der Waals surface area contributed by atoms with Gasteiger partial charge in [0.1, 0.15) is 0 Å². The van der Waals surface area contributed by atoms with Gasteiger partial charge in [0.25, 0.3) is 0 Å². The Labute approximate surface area is 103 Å². The average Bonchev–Trinajstić information content (AvgIpc) is 2.49. The van der Waals surface area contributed by atoms with Crippen molar-refractivity contribution < 1.29 is 0 Å². The van der Waals surface area contributed by atoms with Crippen LogP contribution in [0, 0.1) is 20.8 Å². The third-order valence-electron chi connectivity index (χ3n) is 3.83. The van der Waals surface area contributed by atoms with Gasteiger partial charge in [0.05, 0.1) is 5.52 Å². The zero-order valence-corrected chi connectivity index (χ0v) is 11.5. The summed E-state index contributed by atoms with van der Waals surface area (Å²) in [7, 11) is 2.15. The first kappa shape index (κ1) is 12.2. The lowest BCUT2D eigenvalue weighted by Gasteiger charge is -2.06. The van der Waals surface area contributed by atoms with Crippen molar-refractivity contribution in [3.05, 3.63) is 34.5 Å². The quantitative estimate of drug-likeness (QED) is 0.844. The summed E-state index contributed by atoms with van der Waals surface area (Å²) < 4.78 is 2.30. The monoisotopic (exact) mass is 230 g/mol. The van der Waals surface area contributed by atoms with Crippen molar-refractivity contribution in [3.8, 4) is 0 Å². The SMILES string of the molecule is Cc1ccc2c(CC(C)N)c(C)n(C)c2c1C. The van der Waals surface area contributed by atoms with Crippen LogP contribution in [-0.4, -0.2) is 10.6 Å². The lowest BCUT2D eigenvalue weighted by Crippen LogP contribution is -2.18. The Balaban J connectivity index is 2.78. The second-order valence-electron chi connectivity index (χ2n) is 5.21. The summed E-state index contributed by atoms with van der Waals surface area (Å²) in [6.07, 6.45) is 0.950. The highest BCUT2D eigenvalue weighted by molar-refractivity contribution is 5.89. The molecule has 2 rings (SSSR count). The fourth-order valence-corrected chi connectivity index (χ4v) is 2.62. The molecule has 2 heteroatoms. The molecule has 0 saturated heterocycles. The smallest absolute Gasteiger partial charge is 0.0515 e. The van der Waals surface area contributed by atoms with Crippen molar-refractivity contribution in [3.63, 3.8) is 0 Å². The molecule has 0 fully saturated rings. The van der Waals surface area contributed by atoms with E-state index in [1.807, 2.05) is 0 Å². The number of aryl methyl sites for hydroxylation is 3. The number of hydrogen-bond donors (Lipinski definition) is 1. The van der Waals surface area contributed by atoms with Gasteiger partial charge in [-0.1, -0.05) is 12.1 Å². The standard InChI is InChI=1S/C15H22N2/c1-9-6-7-13-14(8-10(2)16)12(4)17(5)15(13)11(9)3/h6-7,10H,8,16H2,1-5H3. The van der Waals surface area contributed by atoms with Crippen LogP contribution in [0.3, 0.4) is 0 Å². The van der Waals surface area contributed by atoms with Crippen LogP contribution in [0.25, 0.3) is 10.9 Å². The van der Waals surface area contributed by atoms with Crippen molar-refractivity contribution >= 4 is 10.9 Å². The molecular weight excluding hydrogens is 208 g/mol. The van der Waals surface area contributed by atoms with Crippen LogP contribution in [0.4, 0.5) is 0 Å². The van der Waals surface area contributed by atoms with Gasteiger partial charge in [-0.3, -0.25) is 0 Å². The molecule has 0 bridgehead atoms. The minimum Gasteiger partial charge on any atom is -0.347 e. The molecule has 92 valence electrons. The van der Waals surface area contributed by atoms with E-state index in [9.17, 15) is 0 Å². The van der Waals surface area contributed by atoms with E-state index in [0.717, 1.165) is 6.42 Å². The number of benzene rings is 1. The fourth-order valence-electron chi connectivity index (χ4n) is 2.62. The molecule has 2 nitrogen and oxygen atoms in total. The number of rotatable bonds is 2. The van der Waals surface area contributed by atoms with Crippen LogP contribution >= 0.6 is 0 Å². The summed E-state index contributed by atoms with van der Waals surface area (Å²) in [5.41, 5.74) is 12.8. The van der Waals surface area contributed by atoms with Crippen molar-refractivity contribution in [2.45, 2.75) is 40.2 Å². The van der Waals surface area contributed by atoms with Crippen molar-refractivity contribution in [1.29, 1.82) is 0 Å². The molecular formula is C15H22N2. The van der Waals surface area contributed by atoms with Gasteiger partial charge in [-0.2, -0.15) is 0 Å². The molecule has 17 heavy (non-hydrogen) atoms. The summed E-state index contributed by atoms with van der Waals surface area (Å²) in [5, 5.41) is 1.37. The van der Waals surface area contributed by atoms with Crippen LogP contribution in [0.2, 0.25) is 0 Å². The number of fused-ring (bicyclic) bond motifs is 1. The Bertz CT molecular complexity index is 562. The summed E-state index contributed by atoms with van der Waals surface area (Å²) >= 11 is 0. The number of hydrogen-bond acceptors (Lipinski definition) is 1. The number of nitrogens with zero attached hydrogens (tertiary/aromatic N) is 1. The third-order valence-corrected chi connectivity index (χ3v) is 3.83. The minimum atomic E-state index is 0.209. The van der Waals surface area contributed by atoms with Gasteiger partial charge in [-0.15, -0.1) is 0 Å². The van der Waals surface area contributed by atoms with Crippen LogP contribution < -0.4 is 5.73 Å². The molecule has 0 amide bonds. The van der Waals surface area contributed by atoms with Crippen LogP contribution in [0.15, 0.2) is 12.1 Å². The maximum atomic E-state index is 5.95. The van der Waals surface area contributed by atoms with Crippen LogP contribution in [0.1, 0.15) is 29.3 Å². The Morgan fingerprint density at radius 3 is 2.47 bits per heavy atom. The zero-order chi connectivity index (χ0) is 12.7. The number of nitrogens with two attached hydrogens (primary N) is 1. The molecule has 2 aromatic rings. The molecule has 1 aromatic carbocycles. The first-order valence-corrected chi connectivity index (χ1v) is 6.23. The summed E-state index contributed by atoms with van der Waals surface area (Å²) in [6.45, 7) is 8.63. The summed E-state index contributed by atoms with van der Waals surface area (Å²) in [6, 6.07) is 4.66. The molecule has 1 heterocycles. The van der Waals surface area contributed by atoms with Crippen molar-refractivity contribution in [2.24, 2.45) is 12.8 Å². The molecule has 1 unspecified atom stereocenters. The van der Waals surface area contributed by atoms with Crippen LogP contribution in [0.5, 0.6) is 0 Å². The Hall–Kier alpha value is -1.28. The van der Waals surface area contributed by atoms with Gasteiger partial charge >= 0.3 is 0 Å². The molecule has 1 atom stereocenters. The molecule has 0 aliphatic carbocycles. The van der Waals surface area contributed by atoms with E-state index < -0.39 is 0 Å². The second kappa shape index (κ2) is 4.19. The number of aromatic nitrogens is 1. The Morgan fingerprint density at radius 1 is 1.24 bits per heavy atom. The Kier molecular flexibility index (Phi) is 3.00. The topological polar surface area (TPSA) is 30.9 Å². The third kappa shape index (κ3) is 1.87. The highest BCUT2D eigenvalue weighted by Gasteiger charge is 2.15. The van der Waals surface area contributed by atoms with E-state index in [4.69, 9.17) is 5.73 Å². The van der Waals surface area contributed by atoms with E-state index in [0.29, 0.717) is 0 Å². The largest absolute Gasteiger partial charge is 0.347 e. The first-order valence-electron chi connectivity index (χ1n) is 6.23. The van der Waals surface area contributed by atoms with E-state index in [-0.39, 0.29) is 6.04 Å². The molecule has 0 aliphatic heterocycles. The maximum Gasteiger partial charge on any atom is 0.0515 e. The molecule has 0 aliphatic rings. The first-order chi connectivity index (χ1) is 7.93. The van der Waals surface area contributed by atoms with E-state index in [1.165, 1.54) is 33.3 Å². The summed E-state index contributed by atoms with van der Waals surface area (Å²) in [5.74, 6) is 0. The Morgan fingerprint density at radius 2 is 1.88 bits per heavy atom. The predicted molar refractivity (Wildman–Crippen MR) is 74.5 cm³/mol. The molecule has 0 spiro atoms. The maximum absolute atomic E-state index is 5.95. The molecule has 1 aromatic heterocycles.